The molecule has 2 aromatic carbocycles. The second-order valence-electron chi connectivity index (χ2n) is 14.1. The topological polar surface area (TPSA) is 99.9 Å². The highest BCUT2D eigenvalue weighted by molar-refractivity contribution is 7.98. The summed E-state index contributed by atoms with van der Waals surface area (Å²) < 4.78 is 24.3. The first kappa shape index (κ1) is 35.3. The lowest BCUT2D eigenvalue weighted by Crippen LogP contribution is -2.47. The number of nitrogens with zero attached hydrogens (tertiary/aromatic N) is 4. The lowest BCUT2D eigenvalue weighted by atomic mass is 9.81. The molecule has 3 aliphatic rings. The number of benzene rings is 2. The van der Waals surface area contributed by atoms with Crippen LogP contribution in [0, 0.1) is 0 Å². The fourth-order valence-corrected chi connectivity index (χ4v) is 8.50. The summed E-state index contributed by atoms with van der Waals surface area (Å²) in [5.74, 6) is 1.01. The standard InChI is InChI=1S/C40H49N5O5S/c1-6-45-37(34(21-41-45)40(47)43-16-17-50-31(23-43)24-48-4)29-18-28-19-30(49-5)13-15-32(28)38-36(26-10-8-7-9-11-26)33-14-12-27(20-35(33)44(38)22-29)39(46)42-51-25(2)3/h12-15,18-21,25-26,31H,6-11,16-17,22-24H2,1-5H3,(H,42,46). The minimum Gasteiger partial charge on any atom is -0.497 e. The number of methoxy groups -OCH3 is 2. The molecule has 10 nitrogen and oxygen atoms in total. The SMILES string of the molecule is CCn1ncc(C(=O)N2CCOC(COC)C2)c1C1=Cc2cc(OC)ccc2-c2c(C3CCCCC3)c3ccc(C(=O)NSC(C)C)cc3n2C1. The van der Waals surface area contributed by atoms with Crippen LogP contribution in [0.15, 0.2) is 42.6 Å². The van der Waals surface area contributed by atoms with Gasteiger partial charge in [-0.05, 0) is 90.7 Å². The number of allylic oxidation sites excluding steroid dienone is 1. The van der Waals surface area contributed by atoms with Gasteiger partial charge in [0.25, 0.3) is 11.8 Å². The van der Waals surface area contributed by atoms with Crippen molar-refractivity contribution >= 4 is 46.3 Å². The first-order valence-electron chi connectivity index (χ1n) is 18.3. The largest absolute Gasteiger partial charge is 0.497 e. The molecule has 2 aromatic heterocycles. The molecule has 4 heterocycles. The van der Waals surface area contributed by atoms with E-state index in [0.29, 0.717) is 56.4 Å². The average molecular weight is 712 g/mol. The first-order chi connectivity index (χ1) is 24.8. The number of carbonyl (C=O) groups excluding carboxylic acids is 2. The summed E-state index contributed by atoms with van der Waals surface area (Å²) >= 11 is 1.43. The van der Waals surface area contributed by atoms with Gasteiger partial charge >= 0.3 is 0 Å². The molecule has 1 saturated heterocycles. The van der Waals surface area contributed by atoms with Crippen molar-refractivity contribution in [3.8, 4) is 17.0 Å². The number of ether oxygens (including phenoxy) is 3. The minimum absolute atomic E-state index is 0.0628. The molecule has 7 rings (SSSR count). The Morgan fingerprint density at radius 1 is 1.08 bits per heavy atom. The molecule has 1 unspecified atom stereocenters. The van der Waals surface area contributed by atoms with Crippen molar-refractivity contribution in [3.05, 3.63) is 70.5 Å². The highest BCUT2D eigenvalue weighted by atomic mass is 32.2. The molecule has 270 valence electrons. The maximum Gasteiger partial charge on any atom is 0.261 e. The number of carbonyl (C=O) groups is 2. The second-order valence-corrected chi connectivity index (χ2v) is 15.4. The molecular formula is C40H49N5O5S. The van der Waals surface area contributed by atoms with Crippen LogP contribution in [0.2, 0.25) is 0 Å². The number of nitrogens with one attached hydrogen (secondary N) is 1. The molecule has 0 radical (unpaired) electrons. The number of aryl methyl sites for hydroxylation is 1. The first-order valence-corrected chi connectivity index (χ1v) is 19.2. The van der Waals surface area contributed by atoms with E-state index < -0.39 is 0 Å². The van der Waals surface area contributed by atoms with Crippen LogP contribution in [0.4, 0.5) is 0 Å². The van der Waals surface area contributed by atoms with Gasteiger partial charge in [0.1, 0.15) is 5.75 Å². The maximum atomic E-state index is 14.3. The zero-order valence-corrected chi connectivity index (χ0v) is 31.2. The zero-order valence-electron chi connectivity index (χ0n) is 30.4. The number of hydrogen-bond acceptors (Lipinski definition) is 7. The molecule has 2 aliphatic heterocycles. The molecule has 0 spiro atoms. The summed E-state index contributed by atoms with van der Waals surface area (Å²) in [6, 6.07) is 12.5. The number of morpholine rings is 1. The van der Waals surface area contributed by atoms with Crippen molar-refractivity contribution in [2.24, 2.45) is 0 Å². The van der Waals surface area contributed by atoms with Gasteiger partial charge in [0.15, 0.2) is 0 Å². The fourth-order valence-electron chi connectivity index (χ4n) is 8.04. The Hall–Kier alpha value is -4.06. The quantitative estimate of drug-likeness (QED) is 0.171. The van der Waals surface area contributed by atoms with E-state index in [1.807, 2.05) is 21.7 Å². The molecule has 1 aliphatic carbocycles. The van der Waals surface area contributed by atoms with Crippen LogP contribution in [0.1, 0.15) is 96.3 Å². The van der Waals surface area contributed by atoms with E-state index in [2.05, 4.69) is 60.4 Å². The molecule has 11 heteroatoms. The molecule has 0 bridgehead atoms. The lowest BCUT2D eigenvalue weighted by Gasteiger charge is -2.32. The lowest BCUT2D eigenvalue weighted by molar-refractivity contribution is -0.0531. The summed E-state index contributed by atoms with van der Waals surface area (Å²) in [7, 11) is 3.34. The number of aromatic nitrogens is 3. The van der Waals surface area contributed by atoms with Gasteiger partial charge in [0, 0.05) is 54.0 Å². The van der Waals surface area contributed by atoms with Crippen LogP contribution >= 0.6 is 11.9 Å². The summed E-state index contributed by atoms with van der Waals surface area (Å²) in [6.07, 6.45) is 9.70. The van der Waals surface area contributed by atoms with Gasteiger partial charge in [0.05, 0.1) is 56.1 Å². The Kier molecular flexibility index (Phi) is 10.6. The highest BCUT2D eigenvalue weighted by Gasteiger charge is 2.33. The van der Waals surface area contributed by atoms with Crippen LogP contribution in [-0.4, -0.2) is 82.9 Å². The molecule has 1 N–H and O–H groups in total. The van der Waals surface area contributed by atoms with Crippen molar-refractivity contribution in [1.82, 2.24) is 24.0 Å². The van der Waals surface area contributed by atoms with Gasteiger partial charge in [-0.25, -0.2) is 0 Å². The number of amides is 2. The molecule has 2 fully saturated rings. The van der Waals surface area contributed by atoms with Gasteiger partial charge in [-0.3, -0.25) is 19.0 Å². The number of hydrogen-bond donors (Lipinski definition) is 1. The Labute approximate surface area is 304 Å². The molecule has 51 heavy (non-hydrogen) atoms. The van der Waals surface area contributed by atoms with Gasteiger partial charge in [-0.1, -0.05) is 39.2 Å². The normalized spacial score (nSPS) is 18.0. The van der Waals surface area contributed by atoms with Gasteiger partial charge in [-0.15, -0.1) is 0 Å². The third-order valence-electron chi connectivity index (χ3n) is 10.4. The Morgan fingerprint density at radius 3 is 2.65 bits per heavy atom. The Balaban J connectivity index is 1.42. The fraction of sp³-hybridized carbons (Fsp3) is 0.475. The summed E-state index contributed by atoms with van der Waals surface area (Å²) in [4.78, 5) is 29.6. The predicted molar refractivity (Wildman–Crippen MR) is 203 cm³/mol. The monoisotopic (exact) mass is 711 g/mol. The van der Waals surface area contributed by atoms with Crippen molar-refractivity contribution in [1.29, 1.82) is 0 Å². The van der Waals surface area contributed by atoms with Crippen molar-refractivity contribution < 1.29 is 23.8 Å². The zero-order chi connectivity index (χ0) is 35.6. The molecule has 1 saturated carbocycles. The maximum absolute atomic E-state index is 14.3. The van der Waals surface area contributed by atoms with E-state index in [1.165, 1.54) is 47.9 Å². The van der Waals surface area contributed by atoms with Crippen LogP contribution < -0.4 is 9.46 Å². The smallest absolute Gasteiger partial charge is 0.261 e. The highest BCUT2D eigenvalue weighted by Crippen LogP contribution is 2.48. The molecule has 1 atom stereocenters. The average Bonchev–Trinajstić information content (AvgIpc) is 3.67. The summed E-state index contributed by atoms with van der Waals surface area (Å²) in [5, 5.41) is 6.21. The van der Waals surface area contributed by atoms with Gasteiger partial charge in [-0.2, -0.15) is 5.10 Å². The van der Waals surface area contributed by atoms with E-state index in [-0.39, 0.29) is 23.2 Å². The van der Waals surface area contributed by atoms with Crippen molar-refractivity contribution in [3.63, 3.8) is 0 Å². The second kappa shape index (κ2) is 15.3. The van der Waals surface area contributed by atoms with E-state index in [9.17, 15) is 9.59 Å². The Morgan fingerprint density at radius 2 is 1.90 bits per heavy atom. The summed E-state index contributed by atoms with van der Waals surface area (Å²) in [5.41, 5.74) is 8.69. The van der Waals surface area contributed by atoms with Crippen LogP contribution in [0.5, 0.6) is 5.75 Å². The number of fused-ring (bicyclic) bond motifs is 5. The van der Waals surface area contributed by atoms with Gasteiger partial charge in [0.2, 0.25) is 0 Å². The van der Waals surface area contributed by atoms with Crippen LogP contribution in [0.25, 0.3) is 33.8 Å². The molecule has 2 amide bonds. The minimum atomic E-state index is -0.175. The van der Waals surface area contributed by atoms with Crippen LogP contribution in [0.3, 0.4) is 0 Å². The van der Waals surface area contributed by atoms with Gasteiger partial charge < -0.3 is 23.7 Å². The number of rotatable bonds is 10. The molecule has 4 aromatic rings. The molecular weight excluding hydrogens is 663 g/mol. The van der Waals surface area contributed by atoms with E-state index in [4.69, 9.17) is 19.3 Å². The van der Waals surface area contributed by atoms with E-state index in [1.54, 1.807) is 20.4 Å². The predicted octanol–water partition coefficient (Wildman–Crippen LogP) is 7.41. The van der Waals surface area contributed by atoms with E-state index >= 15 is 0 Å². The summed E-state index contributed by atoms with van der Waals surface area (Å²) in [6.45, 7) is 9.14. The Bertz CT molecular complexity index is 1950. The van der Waals surface area contributed by atoms with Crippen LogP contribution in [-0.2, 0) is 22.6 Å². The third kappa shape index (κ3) is 6.95. The van der Waals surface area contributed by atoms with E-state index in [0.717, 1.165) is 46.5 Å². The van der Waals surface area contributed by atoms with Crippen molar-refractivity contribution in [2.45, 2.75) is 83.2 Å². The third-order valence-corrected chi connectivity index (χ3v) is 11.2. The van der Waals surface area contributed by atoms with Crippen molar-refractivity contribution in [2.75, 3.05) is 40.5 Å².